The number of nitrogens with zero attached hydrogens (tertiary/aromatic N) is 2. The largest absolute Gasteiger partial charge is 0.464 e. The molecular weight excluding hydrogens is 228 g/mol. The Hall–Kier alpha value is -1.97. The van der Waals surface area contributed by atoms with Crippen molar-refractivity contribution in [2.75, 3.05) is 25.6 Å². The molecule has 0 N–H and O–H groups in total. The van der Waals surface area contributed by atoms with E-state index in [1.54, 1.807) is 11.1 Å². The highest BCUT2D eigenvalue weighted by atomic mass is 16.6. The van der Waals surface area contributed by atoms with Gasteiger partial charge in [0.1, 0.15) is 6.20 Å². The van der Waals surface area contributed by atoms with Crippen molar-refractivity contribution >= 4 is 6.01 Å². The van der Waals surface area contributed by atoms with Gasteiger partial charge in [-0.3, -0.25) is 0 Å². The molecule has 0 saturated heterocycles. The zero-order valence-corrected chi connectivity index (χ0v) is 10.8. The van der Waals surface area contributed by atoms with Crippen LogP contribution < -0.4 is 9.64 Å². The summed E-state index contributed by atoms with van der Waals surface area (Å²) in [5.41, 5.74) is 1.33. The normalized spacial score (nSPS) is 10.3. The summed E-state index contributed by atoms with van der Waals surface area (Å²) in [5, 5.41) is 0. The number of benzene rings is 1. The highest BCUT2D eigenvalue weighted by molar-refractivity contribution is 5.24. The minimum atomic E-state index is 0.478. The van der Waals surface area contributed by atoms with Gasteiger partial charge in [0.15, 0.2) is 0 Å². The molecule has 0 aliphatic carbocycles. The average molecular weight is 246 g/mol. The van der Waals surface area contributed by atoms with Crippen molar-refractivity contribution in [2.45, 2.75) is 12.8 Å². The molecule has 0 aliphatic heterocycles. The minimum absolute atomic E-state index is 0.478. The van der Waals surface area contributed by atoms with Gasteiger partial charge in [-0.1, -0.05) is 30.3 Å². The lowest BCUT2D eigenvalue weighted by atomic mass is 10.1. The first-order valence-corrected chi connectivity index (χ1v) is 6.05. The molecule has 4 heteroatoms. The fraction of sp³-hybridized carbons (Fsp3) is 0.357. The van der Waals surface area contributed by atoms with E-state index in [9.17, 15) is 0 Å². The van der Waals surface area contributed by atoms with E-state index in [1.807, 2.05) is 20.2 Å². The quantitative estimate of drug-likeness (QED) is 0.735. The standard InChI is InChI=1S/C14H18N2O2/c1-16(2)14-15-11-13(18-14)17-10-6-9-12-7-4-3-5-8-12/h3-5,7-8,11H,6,9-10H2,1-2H3. The van der Waals surface area contributed by atoms with Crippen molar-refractivity contribution in [3.63, 3.8) is 0 Å². The molecule has 1 heterocycles. The first-order chi connectivity index (χ1) is 8.75. The second-order valence-corrected chi connectivity index (χ2v) is 4.29. The summed E-state index contributed by atoms with van der Waals surface area (Å²) in [6.07, 6.45) is 3.58. The van der Waals surface area contributed by atoms with Gasteiger partial charge >= 0.3 is 5.95 Å². The third kappa shape index (κ3) is 3.52. The van der Waals surface area contributed by atoms with Crippen LogP contribution >= 0.6 is 0 Å². The number of oxazole rings is 1. The molecular formula is C14H18N2O2. The van der Waals surface area contributed by atoms with Crippen molar-refractivity contribution in [3.05, 3.63) is 42.1 Å². The smallest absolute Gasteiger partial charge is 0.306 e. The third-order valence-corrected chi connectivity index (χ3v) is 2.55. The average Bonchev–Trinajstić information content (AvgIpc) is 2.85. The molecule has 0 fully saturated rings. The SMILES string of the molecule is CN(C)c1ncc(OCCCc2ccccc2)o1. The summed E-state index contributed by atoms with van der Waals surface area (Å²) in [4.78, 5) is 5.89. The second-order valence-electron chi connectivity index (χ2n) is 4.29. The van der Waals surface area contributed by atoms with Crippen LogP contribution in [0.2, 0.25) is 0 Å². The Morgan fingerprint density at radius 1 is 1.22 bits per heavy atom. The molecule has 2 rings (SSSR count). The zero-order valence-electron chi connectivity index (χ0n) is 10.8. The van der Waals surface area contributed by atoms with Crippen LogP contribution in [0.5, 0.6) is 5.95 Å². The molecule has 0 spiro atoms. The Kier molecular flexibility index (Phi) is 4.23. The highest BCUT2D eigenvalue weighted by Gasteiger charge is 2.05. The van der Waals surface area contributed by atoms with E-state index in [0.717, 1.165) is 12.8 Å². The van der Waals surface area contributed by atoms with E-state index in [2.05, 4.69) is 29.2 Å². The van der Waals surface area contributed by atoms with Crippen LogP contribution in [0.4, 0.5) is 6.01 Å². The van der Waals surface area contributed by atoms with E-state index < -0.39 is 0 Å². The molecule has 1 aromatic heterocycles. The number of hydrogen-bond acceptors (Lipinski definition) is 4. The molecule has 96 valence electrons. The lowest BCUT2D eigenvalue weighted by molar-refractivity contribution is 0.241. The topological polar surface area (TPSA) is 38.5 Å². The molecule has 1 aromatic carbocycles. The van der Waals surface area contributed by atoms with E-state index in [0.29, 0.717) is 18.6 Å². The fourth-order valence-electron chi connectivity index (χ4n) is 1.62. The highest BCUT2D eigenvalue weighted by Crippen LogP contribution is 2.18. The number of hydrogen-bond donors (Lipinski definition) is 0. The van der Waals surface area contributed by atoms with Crippen LogP contribution in [0.25, 0.3) is 0 Å². The summed E-state index contributed by atoms with van der Waals surface area (Å²) in [7, 11) is 3.76. The van der Waals surface area contributed by atoms with Crippen LogP contribution in [-0.2, 0) is 6.42 Å². The first kappa shape index (κ1) is 12.5. The van der Waals surface area contributed by atoms with Crippen molar-refractivity contribution in [2.24, 2.45) is 0 Å². The van der Waals surface area contributed by atoms with Gasteiger partial charge in [-0.2, -0.15) is 4.98 Å². The second kappa shape index (κ2) is 6.10. The maximum Gasteiger partial charge on any atom is 0.306 e. The monoisotopic (exact) mass is 246 g/mol. The van der Waals surface area contributed by atoms with E-state index in [4.69, 9.17) is 9.15 Å². The third-order valence-electron chi connectivity index (χ3n) is 2.55. The van der Waals surface area contributed by atoms with Gasteiger partial charge in [0, 0.05) is 14.1 Å². The van der Waals surface area contributed by atoms with Gasteiger partial charge < -0.3 is 14.1 Å². The summed E-state index contributed by atoms with van der Waals surface area (Å²) in [6.45, 7) is 0.636. The molecule has 0 bridgehead atoms. The van der Waals surface area contributed by atoms with E-state index >= 15 is 0 Å². The predicted molar refractivity (Wildman–Crippen MR) is 71.1 cm³/mol. The van der Waals surface area contributed by atoms with Gasteiger partial charge in [0.2, 0.25) is 0 Å². The number of ether oxygens (including phenoxy) is 1. The molecule has 0 saturated carbocycles. The van der Waals surface area contributed by atoms with Crippen LogP contribution in [0.3, 0.4) is 0 Å². The Morgan fingerprint density at radius 3 is 2.67 bits per heavy atom. The maximum absolute atomic E-state index is 5.50. The van der Waals surface area contributed by atoms with Gasteiger partial charge in [0.05, 0.1) is 6.61 Å². The molecule has 0 amide bonds. The van der Waals surface area contributed by atoms with Crippen molar-refractivity contribution < 1.29 is 9.15 Å². The summed E-state index contributed by atoms with van der Waals surface area (Å²) in [5.74, 6) is 0.478. The molecule has 18 heavy (non-hydrogen) atoms. The summed E-state index contributed by atoms with van der Waals surface area (Å²) < 4.78 is 10.9. The Morgan fingerprint density at radius 2 is 2.00 bits per heavy atom. The van der Waals surface area contributed by atoms with E-state index in [-0.39, 0.29) is 0 Å². The van der Waals surface area contributed by atoms with Gasteiger partial charge in [-0.25, -0.2) is 0 Å². The molecule has 0 atom stereocenters. The van der Waals surface area contributed by atoms with Crippen LogP contribution in [-0.4, -0.2) is 25.7 Å². The first-order valence-electron chi connectivity index (χ1n) is 6.05. The predicted octanol–water partition coefficient (Wildman–Crippen LogP) is 2.75. The van der Waals surface area contributed by atoms with E-state index in [1.165, 1.54) is 5.56 Å². The Balaban J connectivity index is 1.72. The molecule has 0 radical (unpaired) electrons. The minimum Gasteiger partial charge on any atom is -0.464 e. The molecule has 2 aromatic rings. The lowest BCUT2D eigenvalue weighted by Crippen LogP contribution is -2.08. The number of anilines is 1. The molecule has 0 unspecified atom stereocenters. The summed E-state index contributed by atoms with van der Waals surface area (Å²) >= 11 is 0. The number of aryl methyl sites for hydroxylation is 1. The van der Waals surface area contributed by atoms with Crippen molar-refractivity contribution in [1.82, 2.24) is 4.98 Å². The van der Waals surface area contributed by atoms with Crippen molar-refractivity contribution in [3.8, 4) is 5.95 Å². The van der Waals surface area contributed by atoms with Gasteiger partial charge in [-0.05, 0) is 18.4 Å². The van der Waals surface area contributed by atoms with Crippen LogP contribution in [0.1, 0.15) is 12.0 Å². The lowest BCUT2D eigenvalue weighted by Gasteiger charge is -2.05. The fourth-order valence-corrected chi connectivity index (χ4v) is 1.62. The maximum atomic E-state index is 5.50. The van der Waals surface area contributed by atoms with Gasteiger partial charge in [0.25, 0.3) is 6.01 Å². The van der Waals surface area contributed by atoms with Gasteiger partial charge in [-0.15, -0.1) is 0 Å². The Labute approximate surface area is 107 Å². The number of rotatable bonds is 6. The summed E-state index contributed by atoms with van der Waals surface area (Å²) in [6, 6.07) is 10.9. The van der Waals surface area contributed by atoms with Crippen LogP contribution in [0.15, 0.2) is 40.9 Å². The molecule has 4 nitrogen and oxygen atoms in total. The Bertz CT molecular complexity index is 466. The van der Waals surface area contributed by atoms with Crippen molar-refractivity contribution in [1.29, 1.82) is 0 Å². The molecule has 0 aliphatic rings. The number of aromatic nitrogens is 1. The van der Waals surface area contributed by atoms with Crippen LogP contribution in [0, 0.1) is 0 Å². The zero-order chi connectivity index (χ0) is 12.8.